The molecule has 1 unspecified atom stereocenters. The van der Waals surface area contributed by atoms with Crippen LogP contribution in [0.25, 0.3) is 0 Å². The summed E-state index contributed by atoms with van der Waals surface area (Å²) in [4.78, 5) is 0. The zero-order chi connectivity index (χ0) is 6.69. The molecule has 1 saturated heterocycles. The Balaban J connectivity index is 2.19. The predicted molar refractivity (Wildman–Crippen MR) is 37.4 cm³/mol. The maximum absolute atomic E-state index is 5.26. The second-order valence-corrected chi connectivity index (χ2v) is 2.60. The molecule has 1 aliphatic rings. The van der Waals surface area contributed by atoms with Gasteiger partial charge in [-0.3, -0.25) is 0 Å². The molecule has 1 atom stereocenters. The van der Waals surface area contributed by atoms with E-state index in [1.807, 2.05) is 0 Å². The molecule has 2 heteroatoms. The Kier molecular flexibility index (Phi) is 2.49. The van der Waals surface area contributed by atoms with Crippen LogP contribution in [0, 0.1) is 5.92 Å². The van der Waals surface area contributed by atoms with Gasteiger partial charge in [-0.2, -0.15) is 0 Å². The highest BCUT2D eigenvalue weighted by Crippen LogP contribution is 2.14. The summed E-state index contributed by atoms with van der Waals surface area (Å²) in [6, 6.07) is 0. The predicted octanol–water partition coefficient (Wildman–Crippen LogP) is 0.631. The summed E-state index contributed by atoms with van der Waals surface area (Å²) in [5.41, 5.74) is 0. The molecule has 1 aliphatic heterocycles. The van der Waals surface area contributed by atoms with Gasteiger partial charge in [-0.25, -0.2) is 0 Å². The fourth-order valence-electron chi connectivity index (χ4n) is 1.27. The van der Waals surface area contributed by atoms with Crippen molar-refractivity contribution in [1.29, 1.82) is 0 Å². The van der Waals surface area contributed by atoms with E-state index in [1.54, 1.807) is 7.11 Å². The first-order chi connectivity index (χ1) is 4.38. The van der Waals surface area contributed by atoms with E-state index in [0.29, 0.717) is 6.10 Å². The van der Waals surface area contributed by atoms with Crippen molar-refractivity contribution in [3.05, 3.63) is 0 Å². The lowest BCUT2D eigenvalue weighted by Gasteiger charge is -2.33. The first kappa shape index (κ1) is 7.03. The topological polar surface area (TPSA) is 21.3 Å². The molecular weight excluding hydrogens is 114 g/mol. The Labute approximate surface area is 56.6 Å². The lowest BCUT2D eigenvalue weighted by Crippen LogP contribution is -2.48. The number of rotatable bonds is 3. The van der Waals surface area contributed by atoms with Gasteiger partial charge >= 0.3 is 0 Å². The number of methoxy groups -OCH3 is 1. The molecule has 1 heterocycles. The standard InChI is InChI=1S/C7H15NO/c1-3-7(9-2)6-4-8-5-6/h6-8H,3-5H2,1-2H3. The Bertz CT molecular complexity index is 77.0. The molecule has 0 aliphatic carbocycles. The smallest absolute Gasteiger partial charge is 0.0621 e. The van der Waals surface area contributed by atoms with Crippen molar-refractivity contribution >= 4 is 0 Å². The van der Waals surface area contributed by atoms with Crippen LogP contribution < -0.4 is 5.32 Å². The number of hydrogen-bond acceptors (Lipinski definition) is 2. The van der Waals surface area contributed by atoms with Crippen LogP contribution in [0.1, 0.15) is 13.3 Å². The zero-order valence-corrected chi connectivity index (χ0v) is 6.18. The molecule has 1 rings (SSSR count). The van der Waals surface area contributed by atoms with Gasteiger partial charge in [0.1, 0.15) is 0 Å². The van der Waals surface area contributed by atoms with E-state index in [0.717, 1.165) is 25.4 Å². The third kappa shape index (κ3) is 1.43. The highest BCUT2D eigenvalue weighted by molar-refractivity contribution is 4.81. The molecular formula is C7H15NO. The molecule has 2 nitrogen and oxygen atoms in total. The SMILES string of the molecule is CCC(OC)C1CNC1. The highest BCUT2D eigenvalue weighted by atomic mass is 16.5. The second kappa shape index (κ2) is 3.18. The van der Waals surface area contributed by atoms with Gasteiger partial charge in [-0.05, 0) is 6.42 Å². The first-order valence-corrected chi connectivity index (χ1v) is 3.62. The van der Waals surface area contributed by atoms with Crippen LogP contribution in [0.3, 0.4) is 0 Å². The van der Waals surface area contributed by atoms with Gasteiger partial charge in [0.05, 0.1) is 6.10 Å². The van der Waals surface area contributed by atoms with Crippen molar-refractivity contribution in [3.63, 3.8) is 0 Å². The average molecular weight is 129 g/mol. The summed E-state index contributed by atoms with van der Waals surface area (Å²) in [5.74, 6) is 0.778. The molecule has 0 spiro atoms. The van der Waals surface area contributed by atoms with Gasteiger partial charge in [-0.1, -0.05) is 6.92 Å². The molecule has 9 heavy (non-hydrogen) atoms. The van der Waals surface area contributed by atoms with E-state index in [2.05, 4.69) is 12.2 Å². The number of hydrogen-bond donors (Lipinski definition) is 1. The summed E-state index contributed by atoms with van der Waals surface area (Å²) in [6.07, 6.45) is 1.63. The van der Waals surface area contributed by atoms with Crippen LogP contribution in [0.2, 0.25) is 0 Å². The van der Waals surface area contributed by atoms with Crippen molar-refractivity contribution in [2.24, 2.45) is 5.92 Å². The van der Waals surface area contributed by atoms with E-state index in [9.17, 15) is 0 Å². The maximum Gasteiger partial charge on any atom is 0.0621 e. The van der Waals surface area contributed by atoms with Crippen LogP contribution in [0.5, 0.6) is 0 Å². The van der Waals surface area contributed by atoms with Gasteiger partial charge in [-0.15, -0.1) is 0 Å². The summed E-state index contributed by atoms with van der Waals surface area (Å²) in [6.45, 7) is 4.46. The normalized spacial score (nSPS) is 23.3. The Hall–Kier alpha value is -0.0800. The largest absolute Gasteiger partial charge is 0.381 e. The van der Waals surface area contributed by atoms with Crippen LogP contribution in [0.15, 0.2) is 0 Å². The van der Waals surface area contributed by atoms with Crippen LogP contribution in [-0.2, 0) is 4.74 Å². The highest BCUT2D eigenvalue weighted by Gasteiger charge is 2.24. The third-order valence-corrected chi connectivity index (χ3v) is 2.04. The van der Waals surface area contributed by atoms with E-state index in [4.69, 9.17) is 4.74 Å². The lowest BCUT2D eigenvalue weighted by atomic mass is 9.95. The van der Waals surface area contributed by atoms with E-state index >= 15 is 0 Å². The molecule has 0 aromatic heterocycles. The molecule has 0 bridgehead atoms. The molecule has 1 N–H and O–H groups in total. The van der Waals surface area contributed by atoms with Crippen LogP contribution in [0.4, 0.5) is 0 Å². The third-order valence-electron chi connectivity index (χ3n) is 2.04. The van der Waals surface area contributed by atoms with Crippen molar-refractivity contribution in [1.82, 2.24) is 5.32 Å². The Morgan fingerprint density at radius 1 is 1.67 bits per heavy atom. The number of nitrogens with one attached hydrogen (secondary N) is 1. The van der Waals surface area contributed by atoms with Gasteiger partial charge in [0.2, 0.25) is 0 Å². The maximum atomic E-state index is 5.26. The Morgan fingerprint density at radius 3 is 2.44 bits per heavy atom. The van der Waals surface area contributed by atoms with Crippen LogP contribution >= 0.6 is 0 Å². The lowest BCUT2D eigenvalue weighted by molar-refractivity contribution is 0.0280. The molecule has 0 saturated carbocycles. The molecule has 0 amide bonds. The minimum Gasteiger partial charge on any atom is -0.381 e. The van der Waals surface area contributed by atoms with Gasteiger partial charge in [0.15, 0.2) is 0 Å². The van der Waals surface area contributed by atoms with Crippen molar-refractivity contribution in [2.75, 3.05) is 20.2 Å². The first-order valence-electron chi connectivity index (χ1n) is 3.62. The summed E-state index contributed by atoms with van der Waals surface area (Å²) in [5, 5.41) is 3.23. The molecule has 0 radical (unpaired) electrons. The van der Waals surface area contributed by atoms with Gasteiger partial charge in [0.25, 0.3) is 0 Å². The minimum atomic E-state index is 0.492. The van der Waals surface area contributed by atoms with Crippen LogP contribution in [-0.4, -0.2) is 26.3 Å². The summed E-state index contributed by atoms with van der Waals surface area (Å²) in [7, 11) is 1.80. The average Bonchev–Trinajstić information content (AvgIpc) is 1.78. The Morgan fingerprint density at radius 2 is 2.33 bits per heavy atom. The second-order valence-electron chi connectivity index (χ2n) is 2.60. The monoisotopic (exact) mass is 129 g/mol. The summed E-state index contributed by atoms with van der Waals surface area (Å²) >= 11 is 0. The molecule has 0 aromatic rings. The van der Waals surface area contributed by atoms with Gasteiger partial charge in [0, 0.05) is 26.1 Å². The fourth-order valence-corrected chi connectivity index (χ4v) is 1.27. The van der Waals surface area contributed by atoms with E-state index < -0.39 is 0 Å². The van der Waals surface area contributed by atoms with Crippen molar-refractivity contribution < 1.29 is 4.74 Å². The molecule has 1 fully saturated rings. The fraction of sp³-hybridized carbons (Fsp3) is 1.00. The molecule has 0 aromatic carbocycles. The summed E-state index contributed by atoms with van der Waals surface area (Å²) < 4.78 is 5.26. The van der Waals surface area contributed by atoms with Crippen molar-refractivity contribution in [3.8, 4) is 0 Å². The molecule has 54 valence electrons. The number of ether oxygens (including phenoxy) is 1. The zero-order valence-electron chi connectivity index (χ0n) is 6.18. The van der Waals surface area contributed by atoms with E-state index in [1.165, 1.54) is 0 Å². The van der Waals surface area contributed by atoms with Crippen molar-refractivity contribution in [2.45, 2.75) is 19.4 Å². The minimum absolute atomic E-state index is 0.492. The van der Waals surface area contributed by atoms with E-state index in [-0.39, 0.29) is 0 Å². The van der Waals surface area contributed by atoms with Gasteiger partial charge < -0.3 is 10.1 Å². The quantitative estimate of drug-likeness (QED) is 0.603.